The molecule has 134 valence electrons. The van der Waals surface area contributed by atoms with Crippen LogP contribution in [0.5, 0.6) is 0 Å². The van der Waals surface area contributed by atoms with E-state index in [1.807, 2.05) is 0 Å². The van der Waals surface area contributed by atoms with E-state index in [9.17, 15) is 18.0 Å². The maximum atomic E-state index is 12.7. The monoisotopic (exact) mass is 361 g/mol. The molecule has 26 heavy (non-hydrogen) atoms. The van der Waals surface area contributed by atoms with Crippen LogP contribution in [0.2, 0.25) is 0 Å². The molecule has 0 aliphatic heterocycles. The maximum Gasteiger partial charge on any atom is 0.416 e. The van der Waals surface area contributed by atoms with Gasteiger partial charge in [0.15, 0.2) is 11.3 Å². The number of rotatable bonds is 3. The van der Waals surface area contributed by atoms with Gasteiger partial charge in [-0.15, -0.1) is 0 Å². The lowest BCUT2D eigenvalue weighted by atomic mass is 10.1. The molecule has 1 atom stereocenters. The summed E-state index contributed by atoms with van der Waals surface area (Å²) in [4.78, 5) is 22.4. The molecule has 2 heterocycles. The predicted molar refractivity (Wildman–Crippen MR) is 88.4 cm³/mol. The van der Waals surface area contributed by atoms with Crippen LogP contribution in [0.1, 0.15) is 35.6 Å². The number of benzene rings is 1. The lowest BCUT2D eigenvalue weighted by Crippen LogP contribution is -2.13. The fourth-order valence-corrected chi connectivity index (χ4v) is 2.77. The molecule has 1 N–H and O–H groups in total. The third-order valence-electron chi connectivity index (χ3n) is 4.07. The van der Waals surface area contributed by atoms with Crippen molar-refractivity contribution in [3.63, 3.8) is 0 Å². The molecule has 0 aliphatic rings. The van der Waals surface area contributed by atoms with Gasteiger partial charge < -0.3 is 9.83 Å². The van der Waals surface area contributed by atoms with E-state index < -0.39 is 23.3 Å². The first-order valence-corrected chi connectivity index (χ1v) is 7.70. The Morgan fingerprint density at radius 1 is 1.31 bits per heavy atom. The SMILES string of the molecule is [C-]#[N+]Cc1nn([C@H](C)c2ccc(C(F)(F)F)cc2)c2nc(C)[nH]c(=O)c12. The largest absolute Gasteiger partial charge is 0.416 e. The van der Waals surface area contributed by atoms with Gasteiger partial charge in [0.1, 0.15) is 11.2 Å². The number of nitrogens with zero attached hydrogens (tertiary/aromatic N) is 4. The Labute approximate surface area is 146 Å². The van der Waals surface area contributed by atoms with Crippen molar-refractivity contribution in [2.24, 2.45) is 0 Å². The first-order valence-electron chi connectivity index (χ1n) is 7.70. The lowest BCUT2D eigenvalue weighted by Gasteiger charge is -2.15. The molecule has 0 radical (unpaired) electrons. The van der Waals surface area contributed by atoms with E-state index in [4.69, 9.17) is 6.57 Å². The van der Waals surface area contributed by atoms with Gasteiger partial charge >= 0.3 is 6.18 Å². The molecule has 0 spiro atoms. The van der Waals surface area contributed by atoms with Crippen LogP contribution in [0.25, 0.3) is 15.9 Å². The second kappa shape index (κ2) is 6.29. The van der Waals surface area contributed by atoms with E-state index >= 15 is 0 Å². The highest BCUT2D eigenvalue weighted by molar-refractivity contribution is 5.77. The van der Waals surface area contributed by atoms with Gasteiger partial charge in [-0.1, -0.05) is 12.1 Å². The topological polar surface area (TPSA) is 67.9 Å². The summed E-state index contributed by atoms with van der Waals surface area (Å²) in [7, 11) is 0. The Morgan fingerprint density at radius 2 is 1.96 bits per heavy atom. The Kier molecular flexibility index (Phi) is 4.28. The zero-order valence-electron chi connectivity index (χ0n) is 13.9. The van der Waals surface area contributed by atoms with Crippen LogP contribution >= 0.6 is 0 Å². The van der Waals surface area contributed by atoms with Gasteiger partial charge in [-0.2, -0.15) is 18.3 Å². The zero-order chi connectivity index (χ0) is 19.1. The molecule has 2 aromatic heterocycles. The quantitative estimate of drug-likeness (QED) is 0.727. The van der Waals surface area contributed by atoms with Crippen LogP contribution in [-0.4, -0.2) is 19.7 Å². The number of aromatic amines is 1. The third-order valence-corrected chi connectivity index (χ3v) is 4.07. The standard InChI is InChI=1S/C17H14F3N5O/c1-9(11-4-6-12(7-5-11)17(18,19)20)25-15-14(13(24-25)8-21-3)16(26)23-10(2)22-15/h4-7,9H,8H2,1-2H3,(H,22,23,26)/t9-/m1/s1. The van der Waals surface area contributed by atoms with Gasteiger partial charge in [-0.3, -0.25) is 4.79 Å². The second-order valence-electron chi connectivity index (χ2n) is 5.85. The molecule has 0 saturated heterocycles. The normalized spacial score (nSPS) is 12.9. The summed E-state index contributed by atoms with van der Waals surface area (Å²) in [5.74, 6) is 0.387. The van der Waals surface area contributed by atoms with Crippen molar-refractivity contribution >= 4 is 11.0 Å². The highest BCUT2D eigenvalue weighted by atomic mass is 19.4. The summed E-state index contributed by atoms with van der Waals surface area (Å²) >= 11 is 0. The van der Waals surface area contributed by atoms with E-state index in [1.54, 1.807) is 13.8 Å². The van der Waals surface area contributed by atoms with Crippen molar-refractivity contribution in [2.75, 3.05) is 0 Å². The van der Waals surface area contributed by atoms with Crippen molar-refractivity contribution < 1.29 is 13.2 Å². The summed E-state index contributed by atoms with van der Waals surface area (Å²) in [5.41, 5.74) is 0.0474. The van der Waals surface area contributed by atoms with E-state index in [0.29, 0.717) is 22.7 Å². The highest BCUT2D eigenvalue weighted by Gasteiger charge is 2.30. The molecule has 0 aliphatic carbocycles. The second-order valence-corrected chi connectivity index (χ2v) is 5.85. The summed E-state index contributed by atoms with van der Waals surface area (Å²) < 4.78 is 39.7. The molecule has 1 aromatic carbocycles. The number of hydrogen-bond donors (Lipinski definition) is 1. The van der Waals surface area contributed by atoms with E-state index in [1.165, 1.54) is 16.8 Å². The smallest absolute Gasteiger partial charge is 0.310 e. The summed E-state index contributed by atoms with van der Waals surface area (Å²) in [6, 6.07) is 4.28. The molecule has 0 amide bonds. The lowest BCUT2D eigenvalue weighted by molar-refractivity contribution is -0.137. The number of alkyl halides is 3. The van der Waals surface area contributed by atoms with Gasteiger partial charge in [0, 0.05) is 0 Å². The maximum absolute atomic E-state index is 12.7. The number of nitrogens with one attached hydrogen (secondary N) is 1. The zero-order valence-corrected chi connectivity index (χ0v) is 13.9. The first kappa shape index (κ1) is 17.7. The highest BCUT2D eigenvalue weighted by Crippen LogP contribution is 2.31. The number of H-pyrrole nitrogens is 1. The molecule has 0 bridgehead atoms. The number of halogens is 3. The van der Waals surface area contributed by atoms with E-state index in [-0.39, 0.29) is 11.9 Å². The van der Waals surface area contributed by atoms with Crippen LogP contribution in [-0.2, 0) is 12.7 Å². The van der Waals surface area contributed by atoms with E-state index in [2.05, 4.69) is 19.9 Å². The van der Waals surface area contributed by atoms with Gasteiger partial charge in [0.2, 0.25) is 0 Å². The van der Waals surface area contributed by atoms with Crippen LogP contribution in [0.4, 0.5) is 13.2 Å². The molecule has 3 rings (SSSR count). The fraction of sp³-hybridized carbons (Fsp3) is 0.294. The minimum absolute atomic E-state index is 0.0863. The Hall–Kier alpha value is -3.15. The van der Waals surface area contributed by atoms with E-state index in [0.717, 1.165) is 12.1 Å². The molecule has 0 fully saturated rings. The summed E-state index contributed by atoms with van der Waals surface area (Å²) in [6.45, 7) is 10.3. The van der Waals surface area contributed by atoms with Crippen molar-refractivity contribution in [2.45, 2.75) is 32.6 Å². The van der Waals surface area contributed by atoms with Gasteiger partial charge in [0.05, 0.1) is 11.6 Å². The molecule has 0 unspecified atom stereocenters. The molecule has 6 nitrogen and oxygen atoms in total. The molecule has 3 aromatic rings. The average Bonchev–Trinajstić information content (AvgIpc) is 2.92. The molecule has 9 heteroatoms. The van der Waals surface area contributed by atoms with Crippen molar-refractivity contribution in [3.05, 3.63) is 68.7 Å². The van der Waals surface area contributed by atoms with Crippen LogP contribution in [0.15, 0.2) is 29.1 Å². The van der Waals surface area contributed by atoms with Gasteiger partial charge in [-0.25, -0.2) is 16.2 Å². The van der Waals surface area contributed by atoms with Crippen molar-refractivity contribution in [1.29, 1.82) is 0 Å². The Balaban J connectivity index is 2.13. The van der Waals surface area contributed by atoms with Gasteiger partial charge in [-0.05, 0) is 31.5 Å². The predicted octanol–water partition coefficient (Wildman–Crippen LogP) is 3.48. The number of aryl methyl sites for hydroxylation is 1. The molecular weight excluding hydrogens is 347 g/mol. The van der Waals surface area contributed by atoms with Crippen LogP contribution in [0, 0.1) is 13.5 Å². The third kappa shape index (κ3) is 3.06. The molecular formula is C17H14F3N5O. The van der Waals surface area contributed by atoms with Crippen molar-refractivity contribution in [1.82, 2.24) is 19.7 Å². The molecule has 0 saturated carbocycles. The number of fused-ring (bicyclic) bond motifs is 1. The fourth-order valence-electron chi connectivity index (χ4n) is 2.77. The number of hydrogen-bond acceptors (Lipinski definition) is 3. The first-order chi connectivity index (χ1) is 12.2. The Bertz CT molecular complexity index is 1060. The number of aromatic nitrogens is 4. The van der Waals surface area contributed by atoms with Crippen LogP contribution in [0.3, 0.4) is 0 Å². The minimum Gasteiger partial charge on any atom is -0.310 e. The average molecular weight is 361 g/mol. The Morgan fingerprint density at radius 3 is 2.54 bits per heavy atom. The van der Waals surface area contributed by atoms with Gasteiger partial charge in [0.25, 0.3) is 12.1 Å². The van der Waals surface area contributed by atoms with Crippen molar-refractivity contribution in [3.8, 4) is 0 Å². The summed E-state index contributed by atoms with van der Waals surface area (Å²) in [6.07, 6.45) is -4.41. The minimum atomic E-state index is -4.41. The summed E-state index contributed by atoms with van der Waals surface area (Å²) in [5, 5.41) is 4.55. The van der Waals surface area contributed by atoms with Crippen LogP contribution < -0.4 is 5.56 Å².